The van der Waals surface area contributed by atoms with E-state index in [-0.39, 0.29) is 0 Å². The van der Waals surface area contributed by atoms with Gasteiger partial charge in [-0.25, -0.2) is 9.67 Å². The number of rotatable bonds is 7. The van der Waals surface area contributed by atoms with Crippen LogP contribution in [-0.2, 0) is 13.0 Å². The minimum Gasteiger partial charge on any atom is -0.245 e. The van der Waals surface area contributed by atoms with E-state index < -0.39 is 0 Å². The van der Waals surface area contributed by atoms with Crippen molar-refractivity contribution in [2.75, 3.05) is 0 Å². The first-order valence-corrected chi connectivity index (χ1v) is 10.0. The number of hydrogen-bond acceptors (Lipinski definition) is 5. The molecule has 148 valence electrons. The average Bonchev–Trinajstić information content (AvgIpc) is 3.44. The Kier molecular flexibility index (Phi) is 5.46. The highest BCUT2D eigenvalue weighted by Crippen LogP contribution is 2.30. The van der Waals surface area contributed by atoms with Gasteiger partial charge in [-0.1, -0.05) is 69.3 Å². The third-order valence-corrected chi connectivity index (χ3v) is 5.22. The Hall–Kier alpha value is -3.35. The van der Waals surface area contributed by atoms with Crippen LogP contribution >= 0.6 is 0 Å². The van der Waals surface area contributed by atoms with Crippen molar-refractivity contribution in [1.29, 1.82) is 0 Å². The number of nitrogens with one attached hydrogen (secondary N) is 1. The Bertz CT molecular complexity index is 1070. The summed E-state index contributed by atoms with van der Waals surface area (Å²) in [4.78, 5) is 4.73. The second kappa shape index (κ2) is 8.34. The molecule has 4 rings (SSSR count). The molecule has 29 heavy (non-hydrogen) atoms. The number of aromatic amines is 1. The van der Waals surface area contributed by atoms with Crippen molar-refractivity contribution in [3.63, 3.8) is 0 Å². The first-order chi connectivity index (χ1) is 14.2. The quantitative estimate of drug-likeness (QED) is 0.512. The molecule has 2 heterocycles. The van der Waals surface area contributed by atoms with Gasteiger partial charge in [0.2, 0.25) is 5.82 Å². The van der Waals surface area contributed by atoms with E-state index in [4.69, 9.17) is 10.1 Å². The summed E-state index contributed by atoms with van der Waals surface area (Å²) in [5.41, 5.74) is 4.35. The van der Waals surface area contributed by atoms with Gasteiger partial charge in [0.25, 0.3) is 0 Å². The van der Waals surface area contributed by atoms with Gasteiger partial charge in [0.15, 0.2) is 5.82 Å². The van der Waals surface area contributed by atoms with Crippen LogP contribution < -0.4 is 0 Å². The third kappa shape index (κ3) is 3.94. The molecule has 0 aliphatic carbocycles. The largest absolute Gasteiger partial charge is 0.245 e. The van der Waals surface area contributed by atoms with Crippen LogP contribution in [0.3, 0.4) is 0 Å². The third-order valence-electron chi connectivity index (χ3n) is 5.22. The van der Waals surface area contributed by atoms with Gasteiger partial charge < -0.3 is 0 Å². The Morgan fingerprint density at radius 3 is 2.41 bits per heavy atom. The molecule has 0 spiro atoms. The molecular formula is C22H25N7. The Morgan fingerprint density at radius 2 is 1.76 bits per heavy atom. The zero-order valence-electron chi connectivity index (χ0n) is 17.0. The molecule has 2 aromatic heterocycles. The minimum absolute atomic E-state index is 0.393. The van der Waals surface area contributed by atoms with Gasteiger partial charge in [-0.3, -0.25) is 0 Å². The summed E-state index contributed by atoms with van der Waals surface area (Å²) in [5, 5.41) is 19.2. The maximum Gasteiger partial charge on any atom is 0.205 e. The van der Waals surface area contributed by atoms with Gasteiger partial charge in [0.1, 0.15) is 5.82 Å². The Balaban J connectivity index is 1.61. The van der Waals surface area contributed by atoms with Crippen LogP contribution in [0.15, 0.2) is 48.5 Å². The lowest BCUT2D eigenvalue weighted by Gasteiger charge is -2.11. The van der Waals surface area contributed by atoms with Crippen molar-refractivity contribution in [3.8, 4) is 22.5 Å². The highest BCUT2D eigenvalue weighted by atomic mass is 15.5. The summed E-state index contributed by atoms with van der Waals surface area (Å²) in [6, 6.07) is 16.7. The van der Waals surface area contributed by atoms with Crippen molar-refractivity contribution in [2.45, 2.75) is 46.1 Å². The van der Waals surface area contributed by atoms with Crippen LogP contribution in [0.4, 0.5) is 0 Å². The predicted molar refractivity (Wildman–Crippen MR) is 112 cm³/mol. The van der Waals surface area contributed by atoms with E-state index in [0.717, 1.165) is 47.7 Å². The van der Waals surface area contributed by atoms with Gasteiger partial charge in [0.05, 0.1) is 6.54 Å². The smallest absolute Gasteiger partial charge is 0.205 e. The normalized spacial score (nSPS) is 12.2. The molecule has 0 amide bonds. The summed E-state index contributed by atoms with van der Waals surface area (Å²) in [6.07, 6.45) is 1.90. The summed E-state index contributed by atoms with van der Waals surface area (Å²) < 4.78 is 2.05. The van der Waals surface area contributed by atoms with Crippen LogP contribution in [0, 0.1) is 0 Å². The molecule has 1 N–H and O–H groups in total. The lowest BCUT2D eigenvalue weighted by Crippen LogP contribution is -2.09. The number of aryl methyl sites for hydroxylation is 1. The SMILES string of the molecule is CCc1nc(C(C)CC)n(Cc2ccc(-c3ccccc3-c3nn[nH]n3)cc2)n1. The molecule has 0 fully saturated rings. The molecule has 0 bridgehead atoms. The predicted octanol–water partition coefficient (Wildman–Crippen LogP) is 4.25. The van der Waals surface area contributed by atoms with Crippen molar-refractivity contribution in [3.05, 3.63) is 65.7 Å². The maximum absolute atomic E-state index is 4.73. The van der Waals surface area contributed by atoms with E-state index in [9.17, 15) is 0 Å². The molecule has 0 aliphatic rings. The highest BCUT2D eigenvalue weighted by molar-refractivity contribution is 5.80. The van der Waals surface area contributed by atoms with Crippen molar-refractivity contribution in [1.82, 2.24) is 35.4 Å². The molecule has 7 nitrogen and oxygen atoms in total. The van der Waals surface area contributed by atoms with Crippen LogP contribution in [0.5, 0.6) is 0 Å². The monoisotopic (exact) mass is 387 g/mol. The fraction of sp³-hybridized carbons (Fsp3) is 0.318. The van der Waals surface area contributed by atoms with E-state index in [1.165, 1.54) is 5.56 Å². The zero-order chi connectivity index (χ0) is 20.2. The molecule has 0 radical (unpaired) electrons. The van der Waals surface area contributed by atoms with Crippen molar-refractivity contribution >= 4 is 0 Å². The molecule has 0 saturated carbocycles. The zero-order valence-corrected chi connectivity index (χ0v) is 17.0. The highest BCUT2D eigenvalue weighted by Gasteiger charge is 2.15. The van der Waals surface area contributed by atoms with Gasteiger partial charge in [0, 0.05) is 17.9 Å². The van der Waals surface area contributed by atoms with E-state index in [2.05, 4.69) is 76.4 Å². The Morgan fingerprint density at radius 1 is 1.00 bits per heavy atom. The van der Waals surface area contributed by atoms with Gasteiger partial charge in [-0.15, -0.1) is 10.2 Å². The summed E-state index contributed by atoms with van der Waals surface area (Å²) >= 11 is 0. The molecule has 7 heteroatoms. The second-order valence-electron chi connectivity index (χ2n) is 7.18. The number of aromatic nitrogens is 7. The molecule has 0 aliphatic heterocycles. The van der Waals surface area contributed by atoms with Crippen molar-refractivity contribution in [2.24, 2.45) is 0 Å². The van der Waals surface area contributed by atoms with E-state index in [1.807, 2.05) is 18.2 Å². The van der Waals surface area contributed by atoms with Gasteiger partial charge >= 0.3 is 0 Å². The van der Waals surface area contributed by atoms with Crippen LogP contribution in [-0.4, -0.2) is 35.4 Å². The van der Waals surface area contributed by atoms with Crippen molar-refractivity contribution < 1.29 is 0 Å². The number of benzene rings is 2. The molecular weight excluding hydrogens is 362 g/mol. The number of hydrogen-bond donors (Lipinski definition) is 1. The average molecular weight is 387 g/mol. The van der Waals surface area contributed by atoms with Crippen LogP contribution in [0.1, 0.15) is 50.3 Å². The second-order valence-corrected chi connectivity index (χ2v) is 7.18. The molecule has 1 unspecified atom stereocenters. The van der Waals surface area contributed by atoms with Gasteiger partial charge in [-0.2, -0.15) is 10.3 Å². The summed E-state index contributed by atoms with van der Waals surface area (Å²) in [6.45, 7) is 7.21. The molecule has 4 aromatic rings. The summed E-state index contributed by atoms with van der Waals surface area (Å²) in [7, 11) is 0. The number of H-pyrrole nitrogens is 1. The maximum atomic E-state index is 4.73. The minimum atomic E-state index is 0.393. The fourth-order valence-electron chi connectivity index (χ4n) is 3.38. The first kappa shape index (κ1) is 19.0. The van der Waals surface area contributed by atoms with Crippen LogP contribution in [0.25, 0.3) is 22.5 Å². The molecule has 2 aromatic carbocycles. The van der Waals surface area contributed by atoms with E-state index in [1.54, 1.807) is 0 Å². The summed E-state index contributed by atoms with van der Waals surface area (Å²) in [5.74, 6) is 2.96. The van der Waals surface area contributed by atoms with E-state index in [0.29, 0.717) is 11.7 Å². The molecule has 1 atom stereocenters. The standard InChI is InChI=1S/C22H25N7/c1-4-15(3)22-23-20(5-2)26-29(22)14-16-10-12-17(13-11-16)18-8-6-7-9-19(18)21-24-27-28-25-21/h6-13,15H,4-5,14H2,1-3H3,(H,24,25,27,28). The number of tetrazole rings is 1. The van der Waals surface area contributed by atoms with Gasteiger partial charge in [-0.05, 0) is 28.3 Å². The Labute approximate surface area is 170 Å². The molecule has 0 saturated heterocycles. The number of nitrogens with zero attached hydrogens (tertiary/aromatic N) is 6. The first-order valence-electron chi connectivity index (χ1n) is 10.0. The lowest BCUT2D eigenvalue weighted by molar-refractivity contribution is 0.575. The topological polar surface area (TPSA) is 85.2 Å². The lowest BCUT2D eigenvalue weighted by atomic mass is 9.98. The fourth-order valence-corrected chi connectivity index (χ4v) is 3.38. The van der Waals surface area contributed by atoms with E-state index >= 15 is 0 Å². The van der Waals surface area contributed by atoms with Crippen LogP contribution in [0.2, 0.25) is 0 Å².